The van der Waals surface area contributed by atoms with E-state index in [-0.39, 0.29) is 5.54 Å². The molecule has 0 spiro atoms. The zero-order chi connectivity index (χ0) is 12.5. The van der Waals surface area contributed by atoms with Crippen molar-refractivity contribution in [1.82, 2.24) is 5.43 Å². The highest BCUT2D eigenvalue weighted by atomic mass is 16.5. The van der Waals surface area contributed by atoms with Crippen LogP contribution in [-0.4, -0.2) is 18.0 Å². The largest absolute Gasteiger partial charge is 0.493 e. The highest BCUT2D eigenvalue weighted by molar-refractivity contribution is 5.99. The second-order valence-electron chi connectivity index (χ2n) is 5.20. The van der Waals surface area contributed by atoms with E-state index in [9.17, 15) is 0 Å². The number of aliphatic imine (C=N–C) groups is 1. The van der Waals surface area contributed by atoms with E-state index in [1.165, 1.54) is 5.56 Å². The second kappa shape index (κ2) is 4.37. The molecule has 1 heterocycles. The predicted octanol–water partition coefficient (Wildman–Crippen LogP) is 1.63. The number of benzene rings is 1. The van der Waals surface area contributed by atoms with Crippen LogP contribution in [0.5, 0.6) is 5.75 Å². The van der Waals surface area contributed by atoms with Crippen LogP contribution in [0.1, 0.15) is 31.9 Å². The van der Waals surface area contributed by atoms with Crippen molar-refractivity contribution < 1.29 is 4.74 Å². The molecule has 0 fully saturated rings. The van der Waals surface area contributed by atoms with Gasteiger partial charge < -0.3 is 10.2 Å². The number of hydrogen-bond donors (Lipinski definition) is 2. The molecule has 1 aliphatic heterocycles. The van der Waals surface area contributed by atoms with Crippen LogP contribution in [0.15, 0.2) is 23.2 Å². The smallest absolute Gasteiger partial charge is 0.143 e. The first-order valence-electron chi connectivity index (χ1n) is 5.82. The number of nitrogens with two attached hydrogens (primary N) is 1. The molecule has 4 heteroatoms. The van der Waals surface area contributed by atoms with Gasteiger partial charge in [-0.25, -0.2) is 5.84 Å². The number of amidine groups is 1. The Morgan fingerprint density at radius 1 is 1.41 bits per heavy atom. The summed E-state index contributed by atoms with van der Waals surface area (Å²) in [6, 6.07) is 6.05. The average Bonchev–Trinajstić information content (AvgIpc) is 2.71. The van der Waals surface area contributed by atoms with Gasteiger partial charge in [-0.05, 0) is 44.5 Å². The number of rotatable bonds is 1. The van der Waals surface area contributed by atoms with Crippen molar-refractivity contribution in [3.05, 3.63) is 29.3 Å². The Balaban J connectivity index is 2.35. The molecule has 0 aromatic heterocycles. The van der Waals surface area contributed by atoms with E-state index in [4.69, 9.17) is 10.6 Å². The topological polar surface area (TPSA) is 59.6 Å². The standard InChI is InChI=1S/C13H19N3O/c1-13(2,3)15-12(16-14)10-4-5-11-9(8-10)6-7-17-11/h4-5,8H,6-7,14H2,1-3H3,(H,15,16). The zero-order valence-corrected chi connectivity index (χ0v) is 10.6. The number of hydrazine groups is 1. The van der Waals surface area contributed by atoms with Crippen molar-refractivity contribution in [3.8, 4) is 5.75 Å². The molecule has 1 aromatic rings. The fraction of sp³-hybridized carbons (Fsp3) is 0.462. The summed E-state index contributed by atoms with van der Waals surface area (Å²) in [5.41, 5.74) is 4.75. The van der Waals surface area contributed by atoms with Crippen LogP contribution in [0.4, 0.5) is 0 Å². The molecule has 17 heavy (non-hydrogen) atoms. The Labute approximate surface area is 102 Å². The molecule has 0 radical (unpaired) electrons. The Bertz CT molecular complexity index is 446. The van der Waals surface area contributed by atoms with Crippen LogP contribution in [-0.2, 0) is 6.42 Å². The molecule has 0 aliphatic carbocycles. The Morgan fingerprint density at radius 3 is 2.82 bits per heavy atom. The summed E-state index contributed by atoms with van der Waals surface area (Å²) in [7, 11) is 0. The summed E-state index contributed by atoms with van der Waals surface area (Å²) in [6.07, 6.45) is 0.955. The molecule has 1 aliphatic rings. The third-order valence-corrected chi connectivity index (χ3v) is 2.55. The molecule has 1 aromatic carbocycles. The molecule has 2 rings (SSSR count). The molecule has 3 N–H and O–H groups in total. The zero-order valence-electron chi connectivity index (χ0n) is 10.6. The summed E-state index contributed by atoms with van der Waals surface area (Å²) in [5.74, 6) is 7.23. The van der Waals surface area contributed by atoms with Gasteiger partial charge in [0.15, 0.2) is 0 Å². The van der Waals surface area contributed by atoms with Crippen LogP contribution in [0, 0.1) is 0 Å². The van der Waals surface area contributed by atoms with E-state index >= 15 is 0 Å². The fourth-order valence-electron chi connectivity index (χ4n) is 1.85. The van der Waals surface area contributed by atoms with Crippen molar-refractivity contribution in [1.29, 1.82) is 0 Å². The van der Waals surface area contributed by atoms with Crippen molar-refractivity contribution in [2.24, 2.45) is 10.8 Å². The van der Waals surface area contributed by atoms with Crippen LogP contribution < -0.4 is 16.0 Å². The maximum Gasteiger partial charge on any atom is 0.143 e. The van der Waals surface area contributed by atoms with E-state index in [0.717, 1.165) is 24.3 Å². The number of fused-ring (bicyclic) bond motifs is 1. The first kappa shape index (κ1) is 11.9. The minimum atomic E-state index is -0.156. The maximum atomic E-state index is 5.55. The summed E-state index contributed by atoms with van der Waals surface area (Å²) >= 11 is 0. The van der Waals surface area contributed by atoms with Crippen LogP contribution in [0.3, 0.4) is 0 Å². The molecular weight excluding hydrogens is 214 g/mol. The van der Waals surface area contributed by atoms with Gasteiger partial charge in [-0.1, -0.05) is 0 Å². The lowest BCUT2D eigenvalue weighted by Crippen LogP contribution is -2.33. The highest BCUT2D eigenvalue weighted by Crippen LogP contribution is 2.26. The molecule has 92 valence electrons. The third-order valence-electron chi connectivity index (χ3n) is 2.55. The van der Waals surface area contributed by atoms with Crippen molar-refractivity contribution in [2.45, 2.75) is 32.7 Å². The number of hydrogen-bond acceptors (Lipinski definition) is 3. The van der Waals surface area contributed by atoms with Crippen LogP contribution >= 0.6 is 0 Å². The van der Waals surface area contributed by atoms with Gasteiger partial charge in [-0.2, -0.15) is 0 Å². The predicted molar refractivity (Wildman–Crippen MR) is 69.3 cm³/mol. The minimum Gasteiger partial charge on any atom is -0.493 e. The molecule has 0 saturated heterocycles. The maximum absolute atomic E-state index is 5.55. The highest BCUT2D eigenvalue weighted by Gasteiger charge is 2.15. The van der Waals surface area contributed by atoms with Gasteiger partial charge in [0.25, 0.3) is 0 Å². The van der Waals surface area contributed by atoms with Crippen molar-refractivity contribution in [2.75, 3.05) is 6.61 Å². The normalized spacial score (nSPS) is 15.4. The van der Waals surface area contributed by atoms with E-state index in [1.54, 1.807) is 0 Å². The summed E-state index contributed by atoms with van der Waals surface area (Å²) < 4.78 is 5.48. The Kier molecular flexibility index (Phi) is 3.07. The molecule has 0 atom stereocenters. The first-order valence-corrected chi connectivity index (χ1v) is 5.82. The van der Waals surface area contributed by atoms with Crippen molar-refractivity contribution >= 4 is 5.84 Å². The first-order chi connectivity index (χ1) is 7.99. The Hall–Kier alpha value is -1.55. The monoisotopic (exact) mass is 233 g/mol. The van der Waals surface area contributed by atoms with E-state index in [1.807, 2.05) is 32.9 Å². The van der Waals surface area contributed by atoms with Gasteiger partial charge in [0.2, 0.25) is 0 Å². The quantitative estimate of drug-likeness (QED) is 0.335. The Morgan fingerprint density at radius 2 is 2.18 bits per heavy atom. The SMILES string of the molecule is CC(C)(C)N=C(NN)c1ccc2c(c1)CCO2. The second-order valence-corrected chi connectivity index (χ2v) is 5.20. The summed E-state index contributed by atoms with van der Waals surface area (Å²) in [4.78, 5) is 4.56. The number of nitrogens with one attached hydrogen (secondary N) is 1. The number of nitrogens with zero attached hydrogens (tertiary/aromatic N) is 1. The van der Waals surface area contributed by atoms with Gasteiger partial charge in [-0.3, -0.25) is 4.99 Å². The molecule has 0 bridgehead atoms. The summed E-state index contributed by atoms with van der Waals surface area (Å²) in [5, 5.41) is 0. The lowest BCUT2D eigenvalue weighted by atomic mass is 10.1. The molecule has 0 saturated carbocycles. The van der Waals surface area contributed by atoms with E-state index < -0.39 is 0 Å². The third kappa shape index (κ3) is 2.77. The summed E-state index contributed by atoms with van der Waals surface area (Å²) in [6.45, 7) is 6.89. The van der Waals surface area contributed by atoms with Gasteiger partial charge in [0.05, 0.1) is 12.1 Å². The molecule has 0 unspecified atom stereocenters. The molecular formula is C13H19N3O. The fourth-order valence-corrected chi connectivity index (χ4v) is 1.85. The van der Waals surface area contributed by atoms with E-state index in [2.05, 4.69) is 16.5 Å². The van der Waals surface area contributed by atoms with Crippen molar-refractivity contribution in [3.63, 3.8) is 0 Å². The number of ether oxygens (including phenoxy) is 1. The minimum absolute atomic E-state index is 0.156. The van der Waals surface area contributed by atoms with Gasteiger partial charge in [-0.15, -0.1) is 0 Å². The van der Waals surface area contributed by atoms with E-state index in [0.29, 0.717) is 5.84 Å². The van der Waals surface area contributed by atoms with Gasteiger partial charge in [0, 0.05) is 12.0 Å². The van der Waals surface area contributed by atoms with Crippen LogP contribution in [0.25, 0.3) is 0 Å². The van der Waals surface area contributed by atoms with Gasteiger partial charge in [0.1, 0.15) is 11.6 Å². The molecule has 4 nitrogen and oxygen atoms in total. The van der Waals surface area contributed by atoms with Crippen LogP contribution in [0.2, 0.25) is 0 Å². The molecule has 0 amide bonds. The lowest BCUT2D eigenvalue weighted by molar-refractivity contribution is 0.357. The lowest BCUT2D eigenvalue weighted by Gasteiger charge is -2.16. The average molecular weight is 233 g/mol. The van der Waals surface area contributed by atoms with Gasteiger partial charge >= 0.3 is 0 Å².